The first-order chi connectivity index (χ1) is 11.0. The van der Waals surface area contributed by atoms with E-state index in [4.69, 9.17) is 9.31 Å². The molecule has 2 aromatic heterocycles. The molecule has 3 heterocycles. The minimum Gasteiger partial charge on any atom is -0.399 e. The van der Waals surface area contributed by atoms with Crippen molar-refractivity contribution in [2.24, 2.45) is 7.05 Å². The Morgan fingerprint density at radius 3 is 2.21 bits per heavy atom. The molecule has 3 rings (SSSR count). The Hall–Kier alpha value is -1.11. The number of thiophene rings is 1. The van der Waals surface area contributed by atoms with Gasteiger partial charge in [0, 0.05) is 22.7 Å². The van der Waals surface area contributed by atoms with Gasteiger partial charge in [-0.25, -0.2) is 0 Å². The van der Waals surface area contributed by atoms with Gasteiger partial charge >= 0.3 is 7.12 Å². The van der Waals surface area contributed by atoms with E-state index in [0.717, 1.165) is 20.4 Å². The number of nitrogens with zero attached hydrogens (tertiary/aromatic N) is 1. The maximum Gasteiger partial charge on any atom is 0.505 e. The molecule has 0 radical (unpaired) electrons. The van der Waals surface area contributed by atoms with Crippen molar-refractivity contribution in [1.29, 1.82) is 0 Å². The average molecular weight is 347 g/mol. The molecule has 4 nitrogen and oxygen atoms in total. The molecule has 0 amide bonds. The van der Waals surface area contributed by atoms with Gasteiger partial charge in [0.05, 0.1) is 16.6 Å². The molecule has 0 saturated carbocycles. The van der Waals surface area contributed by atoms with Crippen molar-refractivity contribution < 1.29 is 9.31 Å². The molecular weight excluding hydrogens is 321 g/mol. The molecule has 0 bridgehead atoms. The summed E-state index contributed by atoms with van der Waals surface area (Å²) in [5, 5.41) is 0.804. The highest BCUT2D eigenvalue weighted by molar-refractivity contribution is 7.28. The molecule has 0 spiro atoms. The summed E-state index contributed by atoms with van der Waals surface area (Å²) in [5.74, 6) is 0.350. The fraction of sp³-hybridized carbons (Fsp3) is 0.611. The molecule has 0 aliphatic carbocycles. The van der Waals surface area contributed by atoms with Gasteiger partial charge in [-0.2, -0.15) is 0 Å². The Labute approximate surface area is 147 Å². The van der Waals surface area contributed by atoms with Crippen LogP contribution >= 0.6 is 11.3 Å². The van der Waals surface area contributed by atoms with Crippen molar-refractivity contribution >= 4 is 33.3 Å². The summed E-state index contributed by atoms with van der Waals surface area (Å²) in [4.78, 5) is 12.7. The van der Waals surface area contributed by atoms with Gasteiger partial charge < -0.3 is 13.9 Å². The summed E-state index contributed by atoms with van der Waals surface area (Å²) < 4.78 is 16.2. The van der Waals surface area contributed by atoms with Crippen LogP contribution in [-0.4, -0.2) is 22.9 Å². The second-order valence-electron chi connectivity index (χ2n) is 8.04. The summed E-state index contributed by atoms with van der Waals surface area (Å²) in [5.41, 5.74) is 1.46. The summed E-state index contributed by atoms with van der Waals surface area (Å²) in [6.45, 7) is 14.5. The Bertz CT molecular complexity index is 847. The van der Waals surface area contributed by atoms with Crippen molar-refractivity contribution in [3.8, 4) is 0 Å². The van der Waals surface area contributed by atoms with Crippen LogP contribution in [0.2, 0.25) is 0 Å². The highest BCUT2D eigenvalue weighted by Crippen LogP contribution is 2.38. The van der Waals surface area contributed by atoms with Crippen LogP contribution in [0.25, 0.3) is 10.1 Å². The van der Waals surface area contributed by atoms with Crippen LogP contribution in [0.5, 0.6) is 0 Å². The van der Waals surface area contributed by atoms with E-state index in [9.17, 15) is 4.79 Å². The maximum atomic E-state index is 12.7. The van der Waals surface area contributed by atoms with Gasteiger partial charge in [0.1, 0.15) is 0 Å². The lowest BCUT2D eigenvalue weighted by Crippen LogP contribution is -2.41. The number of pyridine rings is 1. The van der Waals surface area contributed by atoms with Crippen molar-refractivity contribution in [3.05, 3.63) is 27.7 Å². The third kappa shape index (κ3) is 2.47. The van der Waals surface area contributed by atoms with Crippen molar-refractivity contribution in [2.45, 2.75) is 65.6 Å². The zero-order chi connectivity index (χ0) is 18.0. The molecule has 130 valence electrons. The summed E-state index contributed by atoms with van der Waals surface area (Å²) in [6, 6.07) is 0. The highest BCUT2D eigenvalue weighted by atomic mass is 32.1. The first-order valence-corrected chi connectivity index (χ1v) is 9.26. The lowest BCUT2D eigenvalue weighted by atomic mass is 9.84. The Balaban J connectivity index is 2.22. The number of hydrogen-bond acceptors (Lipinski definition) is 4. The zero-order valence-corrected chi connectivity index (χ0v) is 16.6. The van der Waals surface area contributed by atoms with Crippen LogP contribution in [-0.2, 0) is 16.4 Å². The topological polar surface area (TPSA) is 40.5 Å². The average Bonchev–Trinajstić information content (AvgIpc) is 2.89. The predicted octanol–water partition coefficient (Wildman–Crippen LogP) is 3.33. The predicted molar refractivity (Wildman–Crippen MR) is 102 cm³/mol. The van der Waals surface area contributed by atoms with E-state index in [0.29, 0.717) is 5.92 Å². The second kappa shape index (κ2) is 5.45. The quantitative estimate of drug-likeness (QED) is 0.783. The third-order valence-corrected chi connectivity index (χ3v) is 6.76. The molecule has 0 atom stereocenters. The van der Waals surface area contributed by atoms with Crippen LogP contribution in [0, 0.1) is 6.92 Å². The number of aromatic nitrogens is 1. The van der Waals surface area contributed by atoms with E-state index >= 15 is 0 Å². The molecule has 1 fully saturated rings. The first-order valence-electron chi connectivity index (χ1n) is 8.44. The Kier molecular flexibility index (Phi) is 4.02. The molecular formula is C18H26BNO3S. The van der Waals surface area contributed by atoms with Crippen LogP contribution in [0.3, 0.4) is 0 Å². The van der Waals surface area contributed by atoms with Crippen LogP contribution in [0.15, 0.2) is 11.0 Å². The SMILES string of the molecule is Cc1c(B2OC(C)(C)C(C)(C)O2)sc2c(C(C)C)cn(C)c(=O)c12. The van der Waals surface area contributed by atoms with Gasteiger partial charge in [-0.15, -0.1) is 11.3 Å². The van der Waals surface area contributed by atoms with E-state index in [1.807, 2.05) is 47.9 Å². The van der Waals surface area contributed by atoms with Crippen molar-refractivity contribution in [3.63, 3.8) is 0 Å². The molecule has 0 aromatic carbocycles. The Morgan fingerprint density at radius 1 is 1.17 bits per heavy atom. The minimum absolute atomic E-state index is 0.0471. The van der Waals surface area contributed by atoms with Gasteiger partial charge in [-0.1, -0.05) is 13.8 Å². The third-order valence-electron chi connectivity index (χ3n) is 5.40. The number of rotatable bonds is 2. The van der Waals surface area contributed by atoms with E-state index in [2.05, 4.69) is 13.8 Å². The normalized spacial score (nSPS) is 19.6. The van der Waals surface area contributed by atoms with Crippen LogP contribution in [0.4, 0.5) is 0 Å². The number of hydrogen-bond donors (Lipinski definition) is 0. The summed E-state index contributed by atoms with van der Waals surface area (Å²) >= 11 is 1.64. The number of aryl methyl sites for hydroxylation is 2. The maximum absolute atomic E-state index is 12.7. The van der Waals surface area contributed by atoms with Gasteiger partial charge in [-0.05, 0) is 51.7 Å². The van der Waals surface area contributed by atoms with E-state index in [-0.39, 0.29) is 16.8 Å². The van der Waals surface area contributed by atoms with Crippen molar-refractivity contribution in [2.75, 3.05) is 0 Å². The second-order valence-corrected chi connectivity index (χ2v) is 9.09. The molecule has 6 heteroatoms. The summed E-state index contributed by atoms with van der Waals surface area (Å²) in [6.07, 6.45) is 1.96. The van der Waals surface area contributed by atoms with Gasteiger partial charge in [0.2, 0.25) is 0 Å². The molecule has 2 aromatic rings. The van der Waals surface area contributed by atoms with E-state index < -0.39 is 7.12 Å². The Morgan fingerprint density at radius 2 is 1.71 bits per heavy atom. The zero-order valence-electron chi connectivity index (χ0n) is 15.8. The van der Waals surface area contributed by atoms with Crippen LogP contribution in [0.1, 0.15) is 58.6 Å². The molecule has 0 unspecified atom stereocenters. The molecule has 24 heavy (non-hydrogen) atoms. The molecule has 1 saturated heterocycles. The minimum atomic E-state index is -0.419. The van der Waals surface area contributed by atoms with Gasteiger partial charge in [0.15, 0.2) is 0 Å². The fourth-order valence-corrected chi connectivity index (χ4v) is 4.50. The number of fused-ring (bicyclic) bond motifs is 1. The largest absolute Gasteiger partial charge is 0.505 e. The molecule has 1 aliphatic rings. The fourth-order valence-electron chi connectivity index (χ4n) is 3.08. The lowest BCUT2D eigenvalue weighted by Gasteiger charge is -2.32. The van der Waals surface area contributed by atoms with E-state index in [1.165, 1.54) is 5.56 Å². The molecule has 0 N–H and O–H groups in total. The lowest BCUT2D eigenvalue weighted by molar-refractivity contribution is 0.00578. The van der Waals surface area contributed by atoms with Gasteiger partial charge in [0.25, 0.3) is 5.56 Å². The highest BCUT2D eigenvalue weighted by Gasteiger charge is 2.52. The monoisotopic (exact) mass is 347 g/mol. The van der Waals surface area contributed by atoms with Gasteiger partial charge in [-0.3, -0.25) is 4.79 Å². The standard InChI is InChI=1S/C18H26BNO3S/c1-10(2)12-9-20(8)16(21)13-11(3)15(24-14(12)13)19-22-17(4,5)18(6,7)23-19/h9-10H,1-8H3. The van der Waals surface area contributed by atoms with Crippen molar-refractivity contribution in [1.82, 2.24) is 4.57 Å². The smallest absolute Gasteiger partial charge is 0.399 e. The molecule has 1 aliphatic heterocycles. The summed E-state index contributed by atoms with van der Waals surface area (Å²) in [7, 11) is 1.40. The van der Waals surface area contributed by atoms with E-state index in [1.54, 1.807) is 15.9 Å². The van der Waals surface area contributed by atoms with Crippen LogP contribution < -0.4 is 10.3 Å². The first kappa shape index (κ1) is 17.7.